The lowest BCUT2D eigenvalue weighted by atomic mass is 9.99. The van der Waals surface area contributed by atoms with Gasteiger partial charge in [0.05, 0.1) is 22.3 Å². The molecule has 2 rings (SSSR count). The third kappa shape index (κ3) is 3.62. The van der Waals surface area contributed by atoms with Crippen molar-refractivity contribution in [3.8, 4) is 0 Å². The lowest BCUT2D eigenvalue weighted by Crippen LogP contribution is -2.52. The van der Waals surface area contributed by atoms with Crippen molar-refractivity contribution in [1.29, 1.82) is 0 Å². The van der Waals surface area contributed by atoms with Gasteiger partial charge in [0, 0.05) is 12.8 Å². The Kier molecular flexibility index (Phi) is 5.13. The molecule has 6 heteroatoms. The molecule has 1 heterocycles. The molecule has 1 aromatic carbocycles. The van der Waals surface area contributed by atoms with E-state index in [9.17, 15) is 9.59 Å². The van der Waals surface area contributed by atoms with Crippen molar-refractivity contribution >= 4 is 33.4 Å². The molecule has 0 aliphatic carbocycles. The quantitative estimate of drug-likeness (QED) is 0.831. The van der Waals surface area contributed by atoms with E-state index in [-0.39, 0.29) is 5.91 Å². The Morgan fingerprint density at radius 3 is 2.73 bits per heavy atom. The van der Waals surface area contributed by atoms with Crippen molar-refractivity contribution in [1.82, 2.24) is 10.3 Å². The number of fused-ring (bicyclic) bond motifs is 1. The monoisotopic (exact) mass is 320 g/mol. The number of thiazole rings is 1. The number of aromatic nitrogens is 1. The van der Waals surface area contributed by atoms with Crippen molar-refractivity contribution in [3.05, 3.63) is 29.3 Å². The Labute approximate surface area is 133 Å². The molecule has 5 nitrogen and oxygen atoms in total. The minimum atomic E-state index is -0.973. The number of methoxy groups -OCH3 is 1. The fourth-order valence-electron chi connectivity index (χ4n) is 2.13. The van der Waals surface area contributed by atoms with E-state index >= 15 is 0 Å². The maximum absolute atomic E-state index is 12.1. The van der Waals surface area contributed by atoms with Gasteiger partial charge >= 0.3 is 5.97 Å². The van der Waals surface area contributed by atoms with Crippen LogP contribution in [-0.2, 0) is 20.7 Å². The van der Waals surface area contributed by atoms with Gasteiger partial charge in [0.2, 0.25) is 5.91 Å². The second-order valence-electron chi connectivity index (χ2n) is 5.30. The smallest absolute Gasteiger partial charge is 0.331 e. The zero-order valence-corrected chi connectivity index (χ0v) is 13.8. The van der Waals surface area contributed by atoms with Crippen LogP contribution in [0.15, 0.2) is 24.3 Å². The third-order valence-electron chi connectivity index (χ3n) is 3.66. The second-order valence-corrected chi connectivity index (χ2v) is 6.42. The van der Waals surface area contributed by atoms with E-state index in [1.807, 2.05) is 31.2 Å². The predicted molar refractivity (Wildman–Crippen MR) is 86.8 cm³/mol. The van der Waals surface area contributed by atoms with Crippen LogP contribution in [0.2, 0.25) is 0 Å². The molecule has 2 aromatic rings. The minimum absolute atomic E-state index is 0.172. The number of carbonyl (C=O) groups is 2. The molecule has 0 saturated heterocycles. The number of nitrogens with zero attached hydrogens (tertiary/aromatic N) is 1. The Bertz CT molecular complexity index is 650. The molecule has 118 valence electrons. The summed E-state index contributed by atoms with van der Waals surface area (Å²) in [5, 5.41) is 3.68. The summed E-state index contributed by atoms with van der Waals surface area (Å²) in [6.45, 7) is 3.51. The van der Waals surface area contributed by atoms with Gasteiger partial charge in [0.25, 0.3) is 0 Å². The number of benzene rings is 1. The summed E-state index contributed by atoms with van der Waals surface area (Å²) in [4.78, 5) is 28.3. The van der Waals surface area contributed by atoms with Gasteiger partial charge in [0.1, 0.15) is 5.54 Å². The first-order valence-electron chi connectivity index (χ1n) is 7.22. The average molecular weight is 320 g/mol. The van der Waals surface area contributed by atoms with E-state index in [2.05, 4.69) is 10.3 Å². The first-order valence-corrected chi connectivity index (χ1v) is 8.04. The zero-order valence-electron chi connectivity index (χ0n) is 13.0. The number of esters is 1. The molecule has 0 fully saturated rings. The Morgan fingerprint density at radius 1 is 1.36 bits per heavy atom. The standard InChI is InChI=1S/C16H20N2O3S/c1-4-16(2,15(20)21-3)18-13(19)9-10-14-17-11-7-5-6-8-12(11)22-14/h5-8H,4,9-10H2,1-3H3,(H,18,19). The first kappa shape index (κ1) is 16.4. The topological polar surface area (TPSA) is 68.3 Å². The number of carbonyl (C=O) groups excluding carboxylic acids is 2. The molecule has 1 aromatic heterocycles. The van der Waals surface area contributed by atoms with Crippen LogP contribution in [0.25, 0.3) is 10.2 Å². The molecule has 0 aliphatic heterocycles. The molecule has 1 unspecified atom stereocenters. The largest absolute Gasteiger partial charge is 0.467 e. The summed E-state index contributed by atoms with van der Waals surface area (Å²) in [7, 11) is 1.32. The molecule has 1 atom stereocenters. The van der Waals surface area contributed by atoms with Gasteiger partial charge in [-0.2, -0.15) is 0 Å². The number of para-hydroxylation sites is 1. The second kappa shape index (κ2) is 6.87. The molecule has 0 bridgehead atoms. The van der Waals surface area contributed by atoms with Gasteiger partial charge in [0.15, 0.2) is 0 Å². The number of amides is 1. The number of ether oxygens (including phenoxy) is 1. The van der Waals surface area contributed by atoms with Gasteiger partial charge in [-0.3, -0.25) is 4.79 Å². The number of nitrogens with one attached hydrogen (secondary N) is 1. The van der Waals surface area contributed by atoms with E-state index in [1.165, 1.54) is 7.11 Å². The lowest BCUT2D eigenvalue weighted by molar-refractivity contribution is -0.150. The highest BCUT2D eigenvalue weighted by atomic mass is 32.1. The third-order valence-corrected chi connectivity index (χ3v) is 4.76. The Hall–Kier alpha value is -1.95. The van der Waals surface area contributed by atoms with Crippen molar-refractivity contribution < 1.29 is 14.3 Å². The molecule has 1 N–H and O–H groups in total. The Balaban J connectivity index is 1.96. The van der Waals surface area contributed by atoms with Crippen LogP contribution in [0, 0.1) is 0 Å². The molecule has 0 aliphatic rings. The maximum Gasteiger partial charge on any atom is 0.331 e. The summed E-state index contributed by atoms with van der Waals surface area (Å²) in [5.41, 5.74) is -0.0183. The number of aryl methyl sites for hydroxylation is 1. The van der Waals surface area contributed by atoms with Gasteiger partial charge in [-0.05, 0) is 25.5 Å². The summed E-state index contributed by atoms with van der Waals surface area (Å²) in [5.74, 6) is -0.600. The predicted octanol–water partition coefficient (Wildman–Crippen LogP) is 2.69. The van der Waals surface area contributed by atoms with E-state index in [0.29, 0.717) is 19.3 Å². The van der Waals surface area contributed by atoms with Crippen molar-refractivity contribution in [3.63, 3.8) is 0 Å². The van der Waals surface area contributed by atoms with Crippen LogP contribution in [0.5, 0.6) is 0 Å². The molecule has 22 heavy (non-hydrogen) atoms. The van der Waals surface area contributed by atoms with E-state index in [0.717, 1.165) is 15.2 Å². The number of hydrogen-bond acceptors (Lipinski definition) is 5. The normalized spacial score (nSPS) is 13.6. The SMILES string of the molecule is CCC(C)(NC(=O)CCc1nc2ccccc2s1)C(=O)OC. The van der Waals surface area contributed by atoms with Crippen molar-refractivity contribution in [2.45, 2.75) is 38.6 Å². The van der Waals surface area contributed by atoms with Gasteiger partial charge in [-0.1, -0.05) is 19.1 Å². The fourth-order valence-corrected chi connectivity index (χ4v) is 3.09. The highest BCUT2D eigenvalue weighted by molar-refractivity contribution is 7.18. The Morgan fingerprint density at radius 2 is 2.09 bits per heavy atom. The summed E-state index contributed by atoms with van der Waals surface area (Å²) in [6, 6.07) is 7.89. The molecular formula is C16H20N2O3S. The van der Waals surface area contributed by atoms with E-state index in [1.54, 1.807) is 18.3 Å². The van der Waals surface area contributed by atoms with Gasteiger partial charge < -0.3 is 10.1 Å². The van der Waals surface area contributed by atoms with Crippen LogP contribution in [0.3, 0.4) is 0 Å². The summed E-state index contributed by atoms with van der Waals surface area (Å²) in [6.07, 6.45) is 1.34. The maximum atomic E-state index is 12.1. The number of rotatable bonds is 6. The highest BCUT2D eigenvalue weighted by Crippen LogP contribution is 2.22. The average Bonchev–Trinajstić information content (AvgIpc) is 2.94. The van der Waals surface area contributed by atoms with Crippen LogP contribution >= 0.6 is 11.3 Å². The van der Waals surface area contributed by atoms with Crippen LogP contribution in [-0.4, -0.2) is 29.5 Å². The summed E-state index contributed by atoms with van der Waals surface area (Å²) < 4.78 is 5.86. The van der Waals surface area contributed by atoms with Crippen molar-refractivity contribution in [2.75, 3.05) is 7.11 Å². The van der Waals surface area contributed by atoms with Gasteiger partial charge in [-0.15, -0.1) is 11.3 Å². The van der Waals surface area contributed by atoms with Crippen molar-refractivity contribution in [2.24, 2.45) is 0 Å². The van der Waals surface area contributed by atoms with Gasteiger partial charge in [-0.25, -0.2) is 9.78 Å². The minimum Gasteiger partial charge on any atom is -0.467 e. The van der Waals surface area contributed by atoms with Crippen LogP contribution in [0.4, 0.5) is 0 Å². The van der Waals surface area contributed by atoms with E-state index < -0.39 is 11.5 Å². The lowest BCUT2D eigenvalue weighted by Gasteiger charge is -2.26. The van der Waals surface area contributed by atoms with Crippen LogP contribution in [0.1, 0.15) is 31.7 Å². The molecule has 0 saturated carbocycles. The molecule has 0 spiro atoms. The fraction of sp³-hybridized carbons (Fsp3) is 0.438. The number of hydrogen-bond donors (Lipinski definition) is 1. The summed E-state index contributed by atoms with van der Waals surface area (Å²) >= 11 is 1.59. The highest BCUT2D eigenvalue weighted by Gasteiger charge is 2.33. The molecular weight excluding hydrogens is 300 g/mol. The first-order chi connectivity index (χ1) is 10.5. The van der Waals surface area contributed by atoms with E-state index in [4.69, 9.17) is 4.74 Å². The molecule has 0 radical (unpaired) electrons. The van der Waals surface area contributed by atoms with Crippen LogP contribution < -0.4 is 5.32 Å². The zero-order chi connectivity index (χ0) is 16.2. The molecule has 1 amide bonds.